The summed E-state index contributed by atoms with van der Waals surface area (Å²) in [5, 5.41) is 0. The lowest BCUT2D eigenvalue weighted by Gasteiger charge is -2.12. The molecule has 1 aromatic rings. The second-order valence-corrected chi connectivity index (χ2v) is 3.40. The first-order valence-electron chi connectivity index (χ1n) is 4.53. The molecule has 74 valence electrons. The molecule has 0 amide bonds. The van der Waals surface area contributed by atoms with Gasteiger partial charge in [-0.05, 0) is 19.4 Å². The number of hydrogen-bond acceptors (Lipinski definition) is 3. The Hall–Kier alpha value is -1.58. The van der Waals surface area contributed by atoms with Crippen LogP contribution in [-0.2, 0) is 11.3 Å². The highest BCUT2D eigenvalue weighted by Gasteiger charge is 2.19. The van der Waals surface area contributed by atoms with Crippen molar-refractivity contribution < 1.29 is 9.53 Å². The third kappa shape index (κ3) is 1.32. The molecule has 1 aliphatic heterocycles. The van der Waals surface area contributed by atoms with E-state index in [1.165, 1.54) is 12.7 Å². The maximum Gasteiger partial charge on any atom is 0.358 e. The van der Waals surface area contributed by atoms with E-state index < -0.39 is 0 Å². The van der Waals surface area contributed by atoms with Gasteiger partial charge in [0.2, 0.25) is 0 Å². The first kappa shape index (κ1) is 8.99. The van der Waals surface area contributed by atoms with E-state index in [4.69, 9.17) is 0 Å². The van der Waals surface area contributed by atoms with Gasteiger partial charge in [0.15, 0.2) is 5.69 Å². The third-order valence-corrected chi connectivity index (χ3v) is 2.39. The Morgan fingerprint density at radius 1 is 1.64 bits per heavy atom. The Bertz CT molecular complexity index is 404. The van der Waals surface area contributed by atoms with Crippen LogP contribution in [0.15, 0.2) is 11.9 Å². The quantitative estimate of drug-likeness (QED) is 0.633. The monoisotopic (exact) mass is 192 g/mol. The van der Waals surface area contributed by atoms with E-state index in [1.807, 2.05) is 10.6 Å². The molecule has 0 N–H and O–H groups in total. The topological polar surface area (TPSA) is 44.1 Å². The predicted octanol–water partition coefficient (Wildman–Crippen LogP) is 1.48. The molecular weight excluding hydrogens is 180 g/mol. The number of fused-ring (bicyclic) bond motifs is 1. The van der Waals surface area contributed by atoms with Gasteiger partial charge in [0.25, 0.3) is 0 Å². The summed E-state index contributed by atoms with van der Waals surface area (Å²) in [7, 11) is 1.37. The molecule has 0 saturated heterocycles. The van der Waals surface area contributed by atoms with Gasteiger partial charge in [-0.1, -0.05) is 5.57 Å². The number of methoxy groups -OCH3 is 1. The summed E-state index contributed by atoms with van der Waals surface area (Å²) in [4.78, 5) is 15.4. The van der Waals surface area contributed by atoms with Crippen molar-refractivity contribution in [1.29, 1.82) is 0 Å². The Morgan fingerprint density at radius 2 is 2.43 bits per heavy atom. The molecule has 0 radical (unpaired) electrons. The molecule has 0 bridgehead atoms. The van der Waals surface area contributed by atoms with E-state index in [0.717, 1.165) is 18.7 Å². The van der Waals surface area contributed by atoms with Crippen molar-refractivity contribution in [2.75, 3.05) is 7.11 Å². The van der Waals surface area contributed by atoms with E-state index in [2.05, 4.69) is 16.6 Å². The van der Waals surface area contributed by atoms with E-state index >= 15 is 0 Å². The van der Waals surface area contributed by atoms with Gasteiger partial charge in [0.05, 0.1) is 19.1 Å². The Kier molecular flexibility index (Phi) is 2.11. The third-order valence-electron chi connectivity index (χ3n) is 2.39. The molecule has 2 rings (SSSR count). The zero-order valence-electron chi connectivity index (χ0n) is 8.28. The van der Waals surface area contributed by atoms with E-state index in [0.29, 0.717) is 5.69 Å². The van der Waals surface area contributed by atoms with Crippen LogP contribution in [-0.4, -0.2) is 22.6 Å². The number of carbonyl (C=O) groups is 1. The van der Waals surface area contributed by atoms with Crippen LogP contribution in [0.25, 0.3) is 6.08 Å². The molecule has 0 spiro atoms. The average molecular weight is 192 g/mol. The molecule has 2 heterocycles. The first-order chi connectivity index (χ1) is 6.72. The van der Waals surface area contributed by atoms with Crippen LogP contribution in [0.2, 0.25) is 0 Å². The number of allylic oxidation sites excluding steroid dienone is 1. The Balaban J connectivity index is 2.47. The second kappa shape index (κ2) is 3.29. The number of aryl methyl sites for hydroxylation is 1. The predicted molar refractivity (Wildman–Crippen MR) is 51.8 cm³/mol. The van der Waals surface area contributed by atoms with Crippen molar-refractivity contribution >= 4 is 12.0 Å². The Morgan fingerprint density at radius 3 is 3.14 bits per heavy atom. The van der Waals surface area contributed by atoms with Gasteiger partial charge in [0, 0.05) is 6.54 Å². The van der Waals surface area contributed by atoms with E-state index in [-0.39, 0.29) is 5.97 Å². The molecule has 1 aromatic heterocycles. The lowest BCUT2D eigenvalue weighted by atomic mass is 10.1. The summed E-state index contributed by atoms with van der Waals surface area (Å²) in [6.45, 7) is 2.94. The largest absolute Gasteiger partial charge is 0.464 e. The van der Waals surface area contributed by atoms with Gasteiger partial charge < -0.3 is 9.30 Å². The Labute approximate surface area is 82.2 Å². The van der Waals surface area contributed by atoms with Crippen LogP contribution in [0.1, 0.15) is 29.5 Å². The van der Waals surface area contributed by atoms with Crippen molar-refractivity contribution in [2.45, 2.75) is 19.9 Å². The smallest absolute Gasteiger partial charge is 0.358 e. The summed E-state index contributed by atoms with van der Waals surface area (Å²) in [6, 6.07) is 0. The van der Waals surface area contributed by atoms with Crippen LogP contribution in [0, 0.1) is 0 Å². The number of carbonyl (C=O) groups excluding carboxylic acids is 1. The fourth-order valence-electron chi connectivity index (χ4n) is 1.58. The summed E-state index contributed by atoms with van der Waals surface area (Å²) in [5.41, 5.74) is 2.54. The molecule has 0 saturated carbocycles. The fourth-order valence-corrected chi connectivity index (χ4v) is 1.58. The number of nitrogens with zero attached hydrogens (tertiary/aromatic N) is 2. The molecule has 0 fully saturated rings. The average Bonchev–Trinajstić information content (AvgIpc) is 2.59. The van der Waals surface area contributed by atoms with Gasteiger partial charge in [-0.25, -0.2) is 9.78 Å². The molecule has 0 atom stereocenters. The minimum atomic E-state index is -0.371. The summed E-state index contributed by atoms with van der Waals surface area (Å²) in [5.74, 6) is -0.371. The zero-order valence-corrected chi connectivity index (χ0v) is 8.28. The number of hydrogen-bond donors (Lipinski definition) is 0. The van der Waals surface area contributed by atoms with Gasteiger partial charge in [0.1, 0.15) is 0 Å². The highest BCUT2D eigenvalue weighted by molar-refractivity contribution is 5.91. The van der Waals surface area contributed by atoms with Crippen molar-refractivity contribution in [1.82, 2.24) is 9.55 Å². The SMILES string of the molecule is COC(=O)c1ncn2c1C=C(C)CC2. The minimum absolute atomic E-state index is 0.371. The zero-order chi connectivity index (χ0) is 10.1. The van der Waals surface area contributed by atoms with Crippen molar-refractivity contribution in [3.8, 4) is 0 Å². The molecule has 14 heavy (non-hydrogen) atoms. The maximum atomic E-state index is 11.3. The van der Waals surface area contributed by atoms with Gasteiger partial charge >= 0.3 is 5.97 Å². The van der Waals surface area contributed by atoms with Crippen LogP contribution < -0.4 is 0 Å². The lowest BCUT2D eigenvalue weighted by Crippen LogP contribution is -2.09. The number of esters is 1. The standard InChI is InChI=1S/C10H12N2O2/c1-7-3-4-12-6-11-9(8(12)5-7)10(13)14-2/h5-6H,3-4H2,1-2H3. The summed E-state index contributed by atoms with van der Waals surface area (Å²) < 4.78 is 6.62. The van der Waals surface area contributed by atoms with Gasteiger partial charge in [-0.3, -0.25) is 0 Å². The summed E-state index contributed by atoms with van der Waals surface area (Å²) >= 11 is 0. The molecular formula is C10H12N2O2. The van der Waals surface area contributed by atoms with Crippen LogP contribution in [0.4, 0.5) is 0 Å². The molecule has 1 aliphatic rings. The molecule has 0 aliphatic carbocycles. The minimum Gasteiger partial charge on any atom is -0.464 e. The van der Waals surface area contributed by atoms with Crippen molar-refractivity contribution in [2.24, 2.45) is 0 Å². The summed E-state index contributed by atoms with van der Waals surface area (Å²) in [6.07, 6.45) is 4.69. The molecule has 0 aromatic carbocycles. The number of aromatic nitrogens is 2. The molecule has 4 nitrogen and oxygen atoms in total. The maximum absolute atomic E-state index is 11.3. The van der Waals surface area contributed by atoms with E-state index in [9.17, 15) is 4.79 Å². The molecule has 0 unspecified atom stereocenters. The van der Waals surface area contributed by atoms with Crippen molar-refractivity contribution in [3.63, 3.8) is 0 Å². The van der Waals surface area contributed by atoms with Crippen LogP contribution >= 0.6 is 0 Å². The van der Waals surface area contributed by atoms with Crippen LogP contribution in [0.5, 0.6) is 0 Å². The first-order valence-corrected chi connectivity index (χ1v) is 4.53. The fraction of sp³-hybridized carbons (Fsp3) is 0.400. The normalized spacial score (nSPS) is 14.6. The highest BCUT2D eigenvalue weighted by atomic mass is 16.5. The van der Waals surface area contributed by atoms with Gasteiger partial charge in [-0.15, -0.1) is 0 Å². The van der Waals surface area contributed by atoms with E-state index in [1.54, 1.807) is 6.33 Å². The lowest BCUT2D eigenvalue weighted by molar-refractivity contribution is 0.0594. The second-order valence-electron chi connectivity index (χ2n) is 3.40. The van der Waals surface area contributed by atoms with Gasteiger partial charge in [-0.2, -0.15) is 0 Å². The highest BCUT2D eigenvalue weighted by Crippen LogP contribution is 2.20. The van der Waals surface area contributed by atoms with Crippen molar-refractivity contribution in [3.05, 3.63) is 23.3 Å². The number of imidazole rings is 1. The number of ether oxygens (including phenoxy) is 1. The molecule has 4 heteroatoms. The van der Waals surface area contributed by atoms with Crippen LogP contribution in [0.3, 0.4) is 0 Å². The number of rotatable bonds is 1.